The molecule has 1 saturated carbocycles. The lowest BCUT2D eigenvalue weighted by Gasteiger charge is -2.36. The molecule has 0 saturated heterocycles. The van der Waals surface area contributed by atoms with Crippen LogP contribution in [0.25, 0.3) is 11.1 Å². The smallest absolute Gasteiger partial charge is 0.410 e. The number of nitrogens with two attached hydrogens (primary N) is 1. The molecule has 1 aromatic carbocycles. The molecule has 4 rings (SSSR count). The van der Waals surface area contributed by atoms with Gasteiger partial charge in [0.05, 0.1) is 23.4 Å². The summed E-state index contributed by atoms with van der Waals surface area (Å²) in [5, 5.41) is 12.3. The SMILES string of the molecule is CN(Cc1ccccc1-c1csc(CNC(=O)c2cn(C3CC(F)(F)C3)c(=O)c(C=N)c2N)c1)C(=O)OC(C)(C)C. The average molecular weight is 586 g/mol. The number of carbonyl (C=O) groups excluding carboxylic acids is 2. The molecule has 2 aromatic heterocycles. The zero-order chi connectivity index (χ0) is 30.1. The molecule has 2 heterocycles. The van der Waals surface area contributed by atoms with Gasteiger partial charge in [-0.25, -0.2) is 13.6 Å². The molecule has 218 valence electrons. The number of hydrogen-bond donors (Lipinski definition) is 3. The van der Waals surface area contributed by atoms with Crippen LogP contribution in [0, 0.1) is 5.41 Å². The highest BCUT2D eigenvalue weighted by atomic mass is 32.1. The van der Waals surface area contributed by atoms with Gasteiger partial charge >= 0.3 is 6.09 Å². The Hall–Kier alpha value is -4.06. The quantitative estimate of drug-likeness (QED) is 0.304. The number of rotatable bonds is 8. The van der Waals surface area contributed by atoms with Gasteiger partial charge < -0.3 is 30.7 Å². The summed E-state index contributed by atoms with van der Waals surface area (Å²) >= 11 is 1.43. The first-order valence-electron chi connectivity index (χ1n) is 13.0. The van der Waals surface area contributed by atoms with Gasteiger partial charge in [-0.1, -0.05) is 24.3 Å². The fourth-order valence-corrected chi connectivity index (χ4v) is 5.39. The van der Waals surface area contributed by atoms with E-state index >= 15 is 0 Å². The number of hydrogen-bond acceptors (Lipinski definition) is 7. The Balaban J connectivity index is 1.48. The van der Waals surface area contributed by atoms with E-state index in [4.69, 9.17) is 15.9 Å². The summed E-state index contributed by atoms with van der Waals surface area (Å²) in [6.07, 6.45) is 0.496. The second kappa shape index (κ2) is 11.4. The molecule has 0 atom stereocenters. The van der Waals surface area contributed by atoms with Crippen LogP contribution in [-0.4, -0.2) is 46.3 Å². The number of benzene rings is 1. The van der Waals surface area contributed by atoms with E-state index in [1.54, 1.807) is 7.05 Å². The maximum atomic E-state index is 13.5. The van der Waals surface area contributed by atoms with Crippen LogP contribution >= 0.6 is 11.3 Å². The third kappa shape index (κ3) is 6.82. The van der Waals surface area contributed by atoms with E-state index in [0.717, 1.165) is 32.3 Å². The first kappa shape index (κ1) is 29.9. The Labute approximate surface area is 240 Å². The fraction of sp³-hybridized carbons (Fsp3) is 0.379. The number of pyridine rings is 1. The number of ether oxygens (including phenoxy) is 1. The fourth-order valence-electron chi connectivity index (χ4n) is 4.56. The van der Waals surface area contributed by atoms with Gasteiger partial charge in [0.2, 0.25) is 0 Å². The normalized spacial score (nSPS) is 14.7. The summed E-state index contributed by atoms with van der Waals surface area (Å²) in [4.78, 5) is 40.6. The van der Waals surface area contributed by atoms with Gasteiger partial charge in [-0.05, 0) is 48.9 Å². The zero-order valence-electron chi connectivity index (χ0n) is 23.3. The molecule has 12 heteroatoms. The van der Waals surface area contributed by atoms with Crippen LogP contribution in [0.3, 0.4) is 0 Å². The maximum absolute atomic E-state index is 13.5. The third-order valence-electron chi connectivity index (χ3n) is 6.68. The highest BCUT2D eigenvalue weighted by Gasteiger charge is 2.47. The van der Waals surface area contributed by atoms with Gasteiger partial charge in [0.1, 0.15) is 5.60 Å². The Morgan fingerprint density at radius 3 is 2.61 bits per heavy atom. The van der Waals surface area contributed by atoms with E-state index in [1.807, 2.05) is 56.5 Å². The molecule has 0 spiro atoms. The van der Waals surface area contributed by atoms with Gasteiger partial charge in [0.15, 0.2) is 0 Å². The molecule has 0 bridgehead atoms. The highest BCUT2D eigenvalue weighted by Crippen LogP contribution is 2.45. The Bertz CT molecular complexity index is 1530. The number of halogens is 2. The summed E-state index contributed by atoms with van der Waals surface area (Å²) in [6, 6.07) is 8.86. The number of nitrogens with zero attached hydrogens (tertiary/aromatic N) is 2. The van der Waals surface area contributed by atoms with Crippen molar-refractivity contribution in [1.82, 2.24) is 14.8 Å². The minimum absolute atomic E-state index is 0.0504. The monoisotopic (exact) mass is 585 g/mol. The molecule has 0 radical (unpaired) electrons. The molecular weight excluding hydrogens is 552 g/mol. The van der Waals surface area contributed by atoms with Crippen molar-refractivity contribution in [2.45, 2.75) is 64.3 Å². The van der Waals surface area contributed by atoms with Crippen molar-refractivity contribution in [1.29, 1.82) is 5.41 Å². The minimum Gasteiger partial charge on any atom is -0.444 e. The van der Waals surface area contributed by atoms with E-state index < -0.39 is 48.0 Å². The van der Waals surface area contributed by atoms with Crippen molar-refractivity contribution in [3.05, 3.63) is 73.8 Å². The second-order valence-electron chi connectivity index (χ2n) is 11.1. The van der Waals surface area contributed by atoms with E-state index in [-0.39, 0.29) is 23.4 Å². The summed E-state index contributed by atoms with van der Waals surface area (Å²) in [5.74, 6) is -3.45. The van der Waals surface area contributed by atoms with Gasteiger partial charge in [-0.3, -0.25) is 9.59 Å². The number of anilines is 1. The number of carbonyl (C=O) groups is 2. The lowest BCUT2D eigenvalue weighted by Crippen LogP contribution is -2.42. The lowest BCUT2D eigenvalue weighted by atomic mass is 9.87. The summed E-state index contributed by atoms with van der Waals surface area (Å²) < 4.78 is 33.4. The largest absolute Gasteiger partial charge is 0.444 e. The zero-order valence-corrected chi connectivity index (χ0v) is 24.1. The minimum atomic E-state index is -2.86. The molecule has 1 fully saturated rings. The van der Waals surface area contributed by atoms with Crippen molar-refractivity contribution in [3.8, 4) is 11.1 Å². The lowest BCUT2D eigenvalue weighted by molar-refractivity contribution is -0.104. The topological polar surface area (TPSA) is 131 Å². The number of amides is 2. The predicted molar refractivity (Wildman–Crippen MR) is 155 cm³/mol. The Morgan fingerprint density at radius 2 is 1.98 bits per heavy atom. The van der Waals surface area contributed by atoms with E-state index in [2.05, 4.69) is 5.32 Å². The number of aromatic nitrogens is 1. The molecule has 0 aliphatic heterocycles. The molecule has 0 unspecified atom stereocenters. The van der Waals surface area contributed by atoms with Crippen molar-refractivity contribution in [2.24, 2.45) is 0 Å². The number of alkyl halides is 2. The van der Waals surface area contributed by atoms with Crippen molar-refractivity contribution >= 4 is 35.2 Å². The Kier molecular flexibility index (Phi) is 8.34. The van der Waals surface area contributed by atoms with Crippen LogP contribution in [0.5, 0.6) is 0 Å². The molecule has 1 aliphatic rings. The van der Waals surface area contributed by atoms with Crippen LogP contribution in [0.4, 0.5) is 19.3 Å². The van der Waals surface area contributed by atoms with Crippen LogP contribution in [0.1, 0.15) is 66.0 Å². The van der Waals surface area contributed by atoms with Gasteiger partial charge in [-0.15, -0.1) is 11.3 Å². The van der Waals surface area contributed by atoms with E-state index in [0.29, 0.717) is 6.54 Å². The molecule has 4 N–H and O–H groups in total. The van der Waals surface area contributed by atoms with Crippen molar-refractivity contribution < 1.29 is 23.1 Å². The van der Waals surface area contributed by atoms with E-state index in [1.165, 1.54) is 22.4 Å². The van der Waals surface area contributed by atoms with Crippen LogP contribution < -0.4 is 16.6 Å². The summed E-state index contributed by atoms with van der Waals surface area (Å²) in [5.41, 5.74) is 7.09. The number of nitrogens with one attached hydrogen (secondary N) is 2. The van der Waals surface area contributed by atoms with Crippen molar-refractivity contribution in [3.63, 3.8) is 0 Å². The maximum Gasteiger partial charge on any atom is 0.410 e. The standard InChI is InChI=1S/C29H33F2N5O4S/c1-28(2,3)40-27(39)35(4)14-17-7-5-6-8-21(17)18-9-20(41-16-18)13-34-25(37)23-15-36(19-10-29(30,31)11-19)26(38)22(12-32)24(23)33/h5-9,12,15-16,19,32H,10-11,13-14,33H2,1-4H3,(H,34,37). The molecule has 1 aliphatic carbocycles. The Morgan fingerprint density at radius 1 is 1.29 bits per heavy atom. The van der Waals surface area contributed by atoms with E-state index in [9.17, 15) is 23.2 Å². The molecular formula is C29H33F2N5O4S. The number of nitrogen functional groups attached to an aromatic ring is 1. The number of thiophene rings is 1. The molecule has 2 amide bonds. The molecule has 3 aromatic rings. The predicted octanol–water partition coefficient (Wildman–Crippen LogP) is 5.42. The third-order valence-corrected chi connectivity index (χ3v) is 7.62. The van der Waals surface area contributed by atoms with Crippen LogP contribution in [-0.2, 0) is 17.8 Å². The van der Waals surface area contributed by atoms with Gasteiger partial charge in [-0.2, -0.15) is 0 Å². The summed E-state index contributed by atoms with van der Waals surface area (Å²) in [7, 11) is 1.68. The molecule has 41 heavy (non-hydrogen) atoms. The first-order chi connectivity index (χ1) is 19.2. The van der Waals surface area contributed by atoms with Crippen LogP contribution in [0.15, 0.2) is 46.7 Å². The van der Waals surface area contributed by atoms with Crippen molar-refractivity contribution in [2.75, 3.05) is 12.8 Å². The average Bonchev–Trinajstić information content (AvgIpc) is 3.34. The van der Waals surface area contributed by atoms with Gasteiger partial charge in [0.25, 0.3) is 17.4 Å². The molecule has 9 nitrogen and oxygen atoms in total. The highest BCUT2D eigenvalue weighted by molar-refractivity contribution is 7.10. The van der Waals surface area contributed by atoms with Gasteiger partial charge in [0, 0.05) is 49.8 Å². The first-order valence-corrected chi connectivity index (χ1v) is 13.9. The second-order valence-corrected chi connectivity index (χ2v) is 12.1. The summed E-state index contributed by atoms with van der Waals surface area (Å²) in [6.45, 7) is 5.93. The van der Waals surface area contributed by atoms with Crippen LogP contribution in [0.2, 0.25) is 0 Å².